The van der Waals surface area contributed by atoms with E-state index >= 15 is 0 Å². The second-order valence-electron chi connectivity index (χ2n) is 6.18. The monoisotopic (exact) mass is 365 g/mol. The average Bonchev–Trinajstić information content (AvgIpc) is 3.02. The number of anilines is 1. The Morgan fingerprint density at radius 2 is 2.11 bits per heavy atom. The molecule has 0 fully saturated rings. The highest BCUT2D eigenvalue weighted by Gasteiger charge is 2.17. The predicted molar refractivity (Wildman–Crippen MR) is 99.2 cm³/mol. The van der Waals surface area contributed by atoms with Gasteiger partial charge in [-0.2, -0.15) is 0 Å². The minimum Gasteiger partial charge on any atom is -0.311 e. The molecule has 0 aliphatic heterocycles. The summed E-state index contributed by atoms with van der Waals surface area (Å²) in [6.45, 7) is 1.69. The lowest BCUT2D eigenvalue weighted by Crippen LogP contribution is -2.23. The highest BCUT2D eigenvalue weighted by Crippen LogP contribution is 2.21. The van der Waals surface area contributed by atoms with Gasteiger partial charge in [0.05, 0.1) is 10.9 Å². The first-order chi connectivity index (χ1) is 13.0. The quantitative estimate of drug-likeness (QED) is 0.581. The molecule has 4 rings (SSSR count). The summed E-state index contributed by atoms with van der Waals surface area (Å²) in [5, 5.41) is 5.83. The van der Waals surface area contributed by atoms with Crippen LogP contribution < -0.4 is 10.9 Å². The molecular weight excluding hydrogens is 349 g/mol. The van der Waals surface area contributed by atoms with Gasteiger partial charge in [-0.05, 0) is 37.6 Å². The van der Waals surface area contributed by atoms with Crippen molar-refractivity contribution in [1.29, 1.82) is 0 Å². The normalized spacial score (nSPS) is 11.2. The molecule has 0 aliphatic rings. The lowest BCUT2D eigenvalue weighted by atomic mass is 10.1. The van der Waals surface area contributed by atoms with Crippen LogP contribution in [0.4, 0.5) is 10.2 Å². The van der Waals surface area contributed by atoms with Crippen LogP contribution in [0.3, 0.4) is 0 Å². The fraction of sp³-hybridized carbons (Fsp3) is 0.158. The van der Waals surface area contributed by atoms with Crippen molar-refractivity contribution < 1.29 is 9.18 Å². The number of H-pyrrole nitrogens is 1. The molecule has 4 aromatic rings. The maximum Gasteiger partial charge on any atom is 0.276 e. The van der Waals surface area contributed by atoms with E-state index in [9.17, 15) is 14.0 Å². The van der Waals surface area contributed by atoms with Crippen LogP contribution in [0.1, 0.15) is 17.7 Å². The van der Waals surface area contributed by atoms with Crippen LogP contribution in [0.15, 0.2) is 47.4 Å². The Balaban J connectivity index is 1.64. The lowest BCUT2D eigenvalue weighted by Gasteiger charge is -2.06. The van der Waals surface area contributed by atoms with Gasteiger partial charge >= 0.3 is 0 Å². The smallest absolute Gasteiger partial charge is 0.276 e. The molecule has 0 saturated carbocycles. The Morgan fingerprint density at radius 1 is 1.26 bits per heavy atom. The third kappa shape index (κ3) is 3.05. The minimum atomic E-state index is -0.444. The van der Waals surface area contributed by atoms with Gasteiger partial charge in [-0.15, -0.1) is 0 Å². The van der Waals surface area contributed by atoms with E-state index < -0.39 is 5.82 Å². The Hall–Kier alpha value is -3.55. The van der Waals surface area contributed by atoms with E-state index in [0.29, 0.717) is 22.6 Å². The molecule has 1 amide bonds. The number of carbonyl (C=O) groups excluding carboxylic acids is 1. The first kappa shape index (κ1) is 16.9. The molecule has 27 heavy (non-hydrogen) atoms. The van der Waals surface area contributed by atoms with Crippen LogP contribution in [0.2, 0.25) is 0 Å². The van der Waals surface area contributed by atoms with E-state index in [1.54, 1.807) is 43.5 Å². The molecule has 2 N–H and O–H groups in total. The number of hydrogen-bond acceptors (Lipinski definition) is 4. The van der Waals surface area contributed by atoms with Crippen molar-refractivity contribution in [2.24, 2.45) is 0 Å². The molecule has 0 spiro atoms. The Morgan fingerprint density at radius 3 is 2.89 bits per heavy atom. The van der Waals surface area contributed by atoms with E-state index in [4.69, 9.17) is 0 Å². The summed E-state index contributed by atoms with van der Waals surface area (Å²) in [5.74, 6) is -0.240. The van der Waals surface area contributed by atoms with Gasteiger partial charge in [0.1, 0.15) is 11.6 Å². The van der Waals surface area contributed by atoms with Gasteiger partial charge < -0.3 is 5.32 Å². The summed E-state index contributed by atoms with van der Waals surface area (Å²) in [4.78, 5) is 33.4. The number of aromatic nitrogens is 4. The predicted octanol–water partition coefficient (Wildman–Crippen LogP) is 2.59. The first-order valence-electron chi connectivity index (χ1n) is 8.44. The van der Waals surface area contributed by atoms with Gasteiger partial charge in [-0.1, -0.05) is 12.1 Å². The number of rotatable bonds is 4. The Kier molecular flexibility index (Phi) is 4.15. The highest BCUT2D eigenvalue weighted by molar-refractivity contribution is 5.92. The number of fused-ring (bicyclic) bond motifs is 3. The number of amides is 1. The third-order valence-electron chi connectivity index (χ3n) is 4.39. The van der Waals surface area contributed by atoms with Gasteiger partial charge in [0.15, 0.2) is 5.65 Å². The number of carbonyl (C=O) groups is 1. The first-order valence-corrected chi connectivity index (χ1v) is 8.44. The largest absolute Gasteiger partial charge is 0.311 e. The number of aryl methyl sites for hydroxylation is 1. The highest BCUT2D eigenvalue weighted by atomic mass is 19.1. The molecule has 0 aliphatic carbocycles. The van der Waals surface area contributed by atoms with Crippen LogP contribution in [-0.4, -0.2) is 25.5 Å². The Labute approximate surface area is 152 Å². The molecule has 0 radical (unpaired) electrons. The summed E-state index contributed by atoms with van der Waals surface area (Å²) < 4.78 is 15.4. The van der Waals surface area contributed by atoms with Crippen LogP contribution in [-0.2, 0) is 11.2 Å². The van der Waals surface area contributed by atoms with Crippen molar-refractivity contribution in [1.82, 2.24) is 19.6 Å². The standard InChI is InChI=1S/C19H16FN5O2/c1-11-12(8-9-16(26)23-15-7-2-3-10-21-15)19(27)25-18(22-11)17-13(20)5-4-6-14(17)24-25/h2-7,10,24H,8-9H2,1H3,(H,21,23,26). The van der Waals surface area contributed by atoms with E-state index in [1.165, 1.54) is 10.6 Å². The summed E-state index contributed by atoms with van der Waals surface area (Å²) in [5.41, 5.74) is 1.29. The van der Waals surface area contributed by atoms with Gasteiger partial charge in [0, 0.05) is 23.9 Å². The molecule has 0 bridgehead atoms. The van der Waals surface area contributed by atoms with Crippen LogP contribution in [0, 0.1) is 12.7 Å². The number of halogens is 1. The van der Waals surface area contributed by atoms with E-state index in [0.717, 1.165) is 0 Å². The van der Waals surface area contributed by atoms with Crippen LogP contribution >= 0.6 is 0 Å². The van der Waals surface area contributed by atoms with Crippen molar-refractivity contribution in [2.75, 3.05) is 5.32 Å². The van der Waals surface area contributed by atoms with Gasteiger partial charge in [0.25, 0.3) is 5.56 Å². The van der Waals surface area contributed by atoms with E-state index in [2.05, 4.69) is 20.4 Å². The molecule has 0 atom stereocenters. The summed E-state index contributed by atoms with van der Waals surface area (Å²) in [6, 6.07) is 9.78. The molecule has 1 aromatic carbocycles. The van der Waals surface area contributed by atoms with Gasteiger partial charge in [0.2, 0.25) is 5.91 Å². The maximum absolute atomic E-state index is 14.1. The molecule has 7 nitrogen and oxygen atoms in total. The zero-order valence-electron chi connectivity index (χ0n) is 14.5. The molecular formula is C19H16FN5O2. The van der Waals surface area contributed by atoms with Crippen LogP contribution in [0.5, 0.6) is 0 Å². The maximum atomic E-state index is 14.1. The molecule has 0 unspecified atom stereocenters. The van der Waals surface area contributed by atoms with Crippen molar-refractivity contribution in [3.63, 3.8) is 0 Å². The van der Waals surface area contributed by atoms with Crippen molar-refractivity contribution >= 4 is 28.3 Å². The number of aromatic amines is 1. The minimum absolute atomic E-state index is 0.106. The zero-order valence-corrected chi connectivity index (χ0v) is 14.5. The van der Waals surface area contributed by atoms with Crippen molar-refractivity contribution in [3.05, 3.63) is 70.0 Å². The third-order valence-corrected chi connectivity index (χ3v) is 4.39. The molecule has 3 aromatic heterocycles. The van der Waals surface area contributed by atoms with E-state index in [-0.39, 0.29) is 35.3 Å². The summed E-state index contributed by atoms with van der Waals surface area (Å²) >= 11 is 0. The second-order valence-corrected chi connectivity index (χ2v) is 6.18. The molecule has 3 heterocycles. The van der Waals surface area contributed by atoms with Crippen LogP contribution in [0.25, 0.3) is 16.6 Å². The van der Waals surface area contributed by atoms with Crippen molar-refractivity contribution in [2.45, 2.75) is 19.8 Å². The van der Waals surface area contributed by atoms with Crippen molar-refractivity contribution in [3.8, 4) is 0 Å². The fourth-order valence-electron chi connectivity index (χ4n) is 3.07. The number of nitrogens with one attached hydrogen (secondary N) is 2. The topological polar surface area (TPSA) is 92.2 Å². The molecule has 136 valence electrons. The number of benzene rings is 1. The second kappa shape index (κ2) is 6.64. The average molecular weight is 365 g/mol. The number of nitrogens with zero attached hydrogens (tertiary/aromatic N) is 3. The SMILES string of the molecule is Cc1nc2c3c(F)cccc3[nH]n2c(=O)c1CCC(=O)Nc1ccccn1. The summed E-state index contributed by atoms with van der Waals surface area (Å²) in [7, 11) is 0. The van der Waals surface area contributed by atoms with Gasteiger partial charge in [-0.3, -0.25) is 14.7 Å². The van der Waals surface area contributed by atoms with E-state index in [1.807, 2.05) is 0 Å². The lowest BCUT2D eigenvalue weighted by molar-refractivity contribution is -0.116. The number of pyridine rings is 1. The van der Waals surface area contributed by atoms with Gasteiger partial charge in [-0.25, -0.2) is 18.9 Å². The molecule has 8 heteroatoms. The number of hydrogen-bond donors (Lipinski definition) is 2. The molecule has 0 saturated heterocycles. The zero-order chi connectivity index (χ0) is 19.0. The Bertz CT molecular complexity index is 1210. The fourth-order valence-corrected chi connectivity index (χ4v) is 3.07. The summed E-state index contributed by atoms with van der Waals surface area (Å²) in [6.07, 6.45) is 1.91.